The van der Waals surface area contributed by atoms with Crippen LogP contribution in [0.3, 0.4) is 0 Å². The van der Waals surface area contributed by atoms with E-state index in [2.05, 4.69) is 25.9 Å². The molecule has 164 valence electrons. The van der Waals surface area contributed by atoms with Gasteiger partial charge in [0.1, 0.15) is 11.9 Å². The fourth-order valence-electron chi connectivity index (χ4n) is 3.14. The van der Waals surface area contributed by atoms with Gasteiger partial charge in [-0.2, -0.15) is 13.2 Å². The van der Waals surface area contributed by atoms with E-state index < -0.39 is 17.8 Å². The van der Waals surface area contributed by atoms with Gasteiger partial charge in [-0.25, -0.2) is 4.98 Å². The number of hydrogen-bond donors (Lipinski definition) is 4. The molecular formula is C21H22F3N5O2. The van der Waals surface area contributed by atoms with Crippen molar-refractivity contribution in [1.29, 1.82) is 0 Å². The summed E-state index contributed by atoms with van der Waals surface area (Å²) < 4.78 is 37.7. The fourth-order valence-corrected chi connectivity index (χ4v) is 3.14. The van der Waals surface area contributed by atoms with Crippen LogP contribution in [0.4, 0.5) is 19.0 Å². The number of H-pyrrole nitrogens is 1. The van der Waals surface area contributed by atoms with Gasteiger partial charge in [-0.05, 0) is 23.8 Å². The number of nitrogens with zero attached hydrogens (tertiary/aromatic N) is 1. The van der Waals surface area contributed by atoms with E-state index in [4.69, 9.17) is 0 Å². The number of carbonyl (C=O) groups is 2. The van der Waals surface area contributed by atoms with Gasteiger partial charge >= 0.3 is 6.18 Å². The summed E-state index contributed by atoms with van der Waals surface area (Å²) in [6, 6.07) is 9.05. The van der Waals surface area contributed by atoms with E-state index in [0.717, 1.165) is 28.7 Å². The molecular weight excluding hydrogens is 411 g/mol. The van der Waals surface area contributed by atoms with Crippen LogP contribution in [-0.2, 0) is 22.2 Å². The number of carbonyl (C=O) groups excluding carboxylic acids is 2. The molecule has 2 amide bonds. The van der Waals surface area contributed by atoms with Crippen molar-refractivity contribution in [3.63, 3.8) is 0 Å². The molecule has 0 saturated carbocycles. The van der Waals surface area contributed by atoms with Gasteiger partial charge in [0.2, 0.25) is 11.8 Å². The summed E-state index contributed by atoms with van der Waals surface area (Å²) in [4.78, 5) is 31.0. The van der Waals surface area contributed by atoms with Gasteiger partial charge in [0.05, 0.1) is 5.56 Å². The number of alkyl halides is 3. The standard InChI is InChI=1S/C21H22F3N5O2/c1-13(30)29-18(10-14-11-27-17-5-3-2-4-16(14)17)20(31)26-9-8-25-19-7-6-15(12-28-19)21(22,23)24/h2-7,11-12,18,27H,8-10H2,1H3,(H,25,28)(H,26,31)(H,29,30). The predicted molar refractivity (Wildman–Crippen MR) is 110 cm³/mol. The second-order valence-corrected chi connectivity index (χ2v) is 6.96. The predicted octanol–water partition coefficient (Wildman–Crippen LogP) is 2.86. The van der Waals surface area contributed by atoms with Crippen LogP contribution in [0.15, 0.2) is 48.8 Å². The van der Waals surface area contributed by atoms with Crippen LogP contribution in [0.25, 0.3) is 10.9 Å². The molecule has 1 atom stereocenters. The number of nitrogens with one attached hydrogen (secondary N) is 4. The number of anilines is 1. The second-order valence-electron chi connectivity index (χ2n) is 6.96. The monoisotopic (exact) mass is 433 g/mol. The van der Waals surface area contributed by atoms with Gasteiger partial charge in [0, 0.05) is 49.7 Å². The lowest BCUT2D eigenvalue weighted by molar-refractivity contribution is -0.137. The van der Waals surface area contributed by atoms with E-state index in [0.29, 0.717) is 6.42 Å². The molecule has 1 aromatic carbocycles. The highest BCUT2D eigenvalue weighted by atomic mass is 19.4. The molecule has 0 spiro atoms. The maximum atomic E-state index is 12.6. The molecule has 0 saturated heterocycles. The first-order valence-electron chi connectivity index (χ1n) is 9.61. The summed E-state index contributed by atoms with van der Waals surface area (Å²) in [6.45, 7) is 1.79. The number of benzene rings is 1. The number of aromatic nitrogens is 2. The van der Waals surface area contributed by atoms with Gasteiger partial charge in [-0.1, -0.05) is 18.2 Å². The summed E-state index contributed by atoms with van der Waals surface area (Å²) >= 11 is 0. The minimum atomic E-state index is -4.44. The summed E-state index contributed by atoms with van der Waals surface area (Å²) in [7, 11) is 0. The number of rotatable bonds is 8. The molecule has 0 radical (unpaired) electrons. The van der Waals surface area contributed by atoms with Crippen molar-refractivity contribution >= 4 is 28.5 Å². The number of aromatic amines is 1. The number of amides is 2. The third-order valence-corrected chi connectivity index (χ3v) is 4.61. The van der Waals surface area contributed by atoms with E-state index in [1.165, 1.54) is 13.0 Å². The Morgan fingerprint density at radius 1 is 1.13 bits per heavy atom. The van der Waals surface area contributed by atoms with Gasteiger partial charge in [-0.3, -0.25) is 9.59 Å². The Labute approximate surface area is 176 Å². The lowest BCUT2D eigenvalue weighted by Gasteiger charge is -2.17. The summed E-state index contributed by atoms with van der Waals surface area (Å²) in [5.74, 6) is -0.422. The fraction of sp³-hybridized carbons (Fsp3) is 0.286. The minimum absolute atomic E-state index is 0.200. The second kappa shape index (κ2) is 9.50. The molecule has 10 heteroatoms. The van der Waals surface area contributed by atoms with Crippen molar-refractivity contribution in [2.24, 2.45) is 0 Å². The molecule has 7 nitrogen and oxygen atoms in total. The normalized spacial score (nSPS) is 12.4. The largest absolute Gasteiger partial charge is 0.417 e. The van der Waals surface area contributed by atoms with Crippen molar-refractivity contribution in [2.75, 3.05) is 18.4 Å². The third-order valence-electron chi connectivity index (χ3n) is 4.61. The van der Waals surface area contributed by atoms with Crippen molar-refractivity contribution in [3.8, 4) is 0 Å². The van der Waals surface area contributed by atoms with Gasteiger partial charge < -0.3 is 20.9 Å². The van der Waals surface area contributed by atoms with Crippen molar-refractivity contribution in [3.05, 3.63) is 59.9 Å². The Balaban J connectivity index is 1.54. The molecule has 1 unspecified atom stereocenters. The quantitative estimate of drug-likeness (QED) is 0.411. The number of halogens is 3. The number of hydrogen-bond acceptors (Lipinski definition) is 4. The van der Waals surface area contributed by atoms with Gasteiger partial charge in [0.15, 0.2) is 0 Å². The zero-order valence-electron chi connectivity index (χ0n) is 16.7. The highest BCUT2D eigenvalue weighted by Gasteiger charge is 2.30. The molecule has 3 aromatic rings. The Hall–Kier alpha value is -3.56. The molecule has 4 N–H and O–H groups in total. The first kappa shape index (κ1) is 22.1. The van der Waals surface area contributed by atoms with Crippen molar-refractivity contribution < 1.29 is 22.8 Å². The average Bonchev–Trinajstić information content (AvgIpc) is 3.13. The molecule has 0 aliphatic carbocycles. The molecule has 0 aliphatic heterocycles. The summed E-state index contributed by atoms with van der Waals surface area (Å²) in [6.07, 6.45) is -1.58. The van der Waals surface area contributed by atoms with Crippen LogP contribution in [0.5, 0.6) is 0 Å². The first-order valence-corrected chi connectivity index (χ1v) is 9.61. The topological polar surface area (TPSA) is 98.9 Å². The van der Waals surface area contributed by atoms with Crippen molar-refractivity contribution in [1.82, 2.24) is 20.6 Å². The average molecular weight is 433 g/mol. The molecule has 31 heavy (non-hydrogen) atoms. The maximum absolute atomic E-state index is 12.6. The Bertz CT molecular complexity index is 1050. The maximum Gasteiger partial charge on any atom is 0.417 e. The van der Waals surface area contributed by atoms with Crippen LogP contribution < -0.4 is 16.0 Å². The SMILES string of the molecule is CC(=O)NC(Cc1c[nH]c2ccccc12)C(=O)NCCNc1ccc(C(F)(F)F)cn1. The molecule has 0 fully saturated rings. The smallest absolute Gasteiger partial charge is 0.368 e. The van der Waals surface area contributed by atoms with E-state index in [1.54, 1.807) is 0 Å². The summed E-state index contributed by atoms with van der Waals surface area (Å²) in [5.41, 5.74) is 1.01. The molecule has 3 rings (SSSR count). The minimum Gasteiger partial charge on any atom is -0.368 e. The highest BCUT2D eigenvalue weighted by molar-refractivity contribution is 5.89. The lowest BCUT2D eigenvalue weighted by atomic mass is 10.0. The number of pyridine rings is 1. The highest BCUT2D eigenvalue weighted by Crippen LogP contribution is 2.28. The number of fused-ring (bicyclic) bond motifs is 1. The molecule has 2 aromatic heterocycles. The van der Waals surface area contributed by atoms with E-state index in [1.807, 2.05) is 30.5 Å². The van der Waals surface area contributed by atoms with E-state index >= 15 is 0 Å². The zero-order chi connectivity index (χ0) is 22.4. The lowest BCUT2D eigenvalue weighted by Crippen LogP contribution is -2.48. The van der Waals surface area contributed by atoms with Crippen LogP contribution in [-0.4, -0.2) is 40.9 Å². The summed E-state index contributed by atoms with van der Waals surface area (Å²) in [5, 5.41) is 9.19. The van der Waals surface area contributed by atoms with Crippen molar-refractivity contribution in [2.45, 2.75) is 25.6 Å². The Morgan fingerprint density at radius 3 is 2.58 bits per heavy atom. The van der Waals surface area contributed by atoms with Crippen LogP contribution >= 0.6 is 0 Å². The Kier molecular flexibility index (Phi) is 6.78. The van der Waals surface area contributed by atoms with Crippen LogP contribution in [0, 0.1) is 0 Å². The van der Waals surface area contributed by atoms with E-state index in [9.17, 15) is 22.8 Å². The molecule has 2 heterocycles. The third kappa shape index (κ3) is 5.97. The number of para-hydroxylation sites is 1. The van der Waals surface area contributed by atoms with E-state index in [-0.39, 0.29) is 30.7 Å². The zero-order valence-corrected chi connectivity index (χ0v) is 16.7. The Morgan fingerprint density at radius 2 is 1.90 bits per heavy atom. The van der Waals surface area contributed by atoms with Gasteiger partial charge in [0.25, 0.3) is 0 Å². The molecule has 0 bridgehead atoms. The van der Waals surface area contributed by atoms with Crippen LogP contribution in [0.1, 0.15) is 18.1 Å². The van der Waals surface area contributed by atoms with Crippen LogP contribution in [0.2, 0.25) is 0 Å². The first-order chi connectivity index (χ1) is 14.7. The van der Waals surface area contributed by atoms with Gasteiger partial charge in [-0.15, -0.1) is 0 Å². The molecule has 0 aliphatic rings.